The molecule has 0 radical (unpaired) electrons. The number of ether oxygens (including phenoxy) is 2. The minimum atomic E-state index is -4.73. The van der Waals surface area contributed by atoms with Gasteiger partial charge in [0.05, 0.1) is 13.2 Å². The average molecular weight is 394 g/mol. The standard InChI is InChI=1S/C19H14F4N2O3/c20-11-4-2-10(3-5-11)14-15(24-25-18(14)19(21,22)23)12-6-7-13-17(16(12)26)28-9-1-8-27-13/h2-7,26H,1,8-9H2,(H,24,25). The van der Waals surface area contributed by atoms with E-state index in [-0.39, 0.29) is 33.9 Å². The van der Waals surface area contributed by atoms with E-state index in [0.717, 1.165) is 12.1 Å². The van der Waals surface area contributed by atoms with Gasteiger partial charge in [-0.3, -0.25) is 5.10 Å². The van der Waals surface area contributed by atoms with Crippen molar-refractivity contribution in [2.45, 2.75) is 12.6 Å². The van der Waals surface area contributed by atoms with Gasteiger partial charge in [0, 0.05) is 17.5 Å². The lowest BCUT2D eigenvalue weighted by Gasteiger charge is -2.13. The molecule has 0 saturated carbocycles. The number of phenols is 1. The van der Waals surface area contributed by atoms with Crippen molar-refractivity contribution in [1.29, 1.82) is 0 Å². The maximum atomic E-state index is 13.5. The number of alkyl halides is 3. The van der Waals surface area contributed by atoms with E-state index in [1.54, 1.807) is 0 Å². The van der Waals surface area contributed by atoms with Crippen LogP contribution in [0.5, 0.6) is 17.2 Å². The molecule has 2 heterocycles. The largest absolute Gasteiger partial charge is 0.504 e. The van der Waals surface area contributed by atoms with E-state index in [9.17, 15) is 22.7 Å². The second kappa shape index (κ2) is 6.74. The zero-order valence-corrected chi connectivity index (χ0v) is 14.3. The van der Waals surface area contributed by atoms with Crippen LogP contribution in [0, 0.1) is 5.82 Å². The highest BCUT2D eigenvalue weighted by molar-refractivity contribution is 5.87. The van der Waals surface area contributed by atoms with Gasteiger partial charge in [-0.2, -0.15) is 18.3 Å². The molecule has 0 amide bonds. The summed E-state index contributed by atoms with van der Waals surface area (Å²) >= 11 is 0. The van der Waals surface area contributed by atoms with Crippen molar-refractivity contribution in [1.82, 2.24) is 10.2 Å². The third-order valence-corrected chi connectivity index (χ3v) is 4.33. The molecule has 1 aromatic heterocycles. The molecule has 5 nitrogen and oxygen atoms in total. The highest BCUT2D eigenvalue weighted by Gasteiger charge is 2.38. The molecule has 2 aromatic carbocycles. The van der Waals surface area contributed by atoms with Crippen LogP contribution in [0.2, 0.25) is 0 Å². The lowest BCUT2D eigenvalue weighted by atomic mass is 9.97. The molecule has 9 heteroatoms. The molecule has 0 unspecified atom stereocenters. The van der Waals surface area contributed by atoms with E-state index in [4.69, 9.17) is 9.47 Å². The number of nitrogens with zero attached hydrogens (tertiary/aromatic N) is 1. The number of phenolic OH excluding ortho intramolecular Hbond substituents is 1. The van der Waals surface area contributed by atoms with E-state index in [0.29, 0.717) is 25.4 Å². The third kappa shape index (κ3) is 3.12. The first-order valence-electron chi connectivity index (χ1n) is 8.39. The summed E-state index contributed by atoms with van der Waals surface area (Å²) in [6, 6.07) is 7.47. The quantitative estimate of drug-likeness (QED) is 0.615. The maximum absolute atomic E-state index is 13.5. The Morgan fingerprint density at radius 2 is 1.71 bits per heavy atom. The van der Waals surface area contributed by atoms with Gasteiger partial charge in [0.15, 0.2) is 11.5 Å². The molecule has 2 N–H and O–H groups in total. The lowest BCUT2D eigenvalue weighted by molar-refractivity contribution is -0.140. The van der Waals surface area contributed by atoms with E-state index in [2.05, 4.69) is 5.10 Å². The molecule has 0 atom stereocenters. The van der Waals surface area contributed by atoms with Crippen LogP contribution < -0.4 is 9.47 Å². The number of rotatable bonds is 2. The van der Waals surface area contributed by atoms with Crippen molar-refractivity contribution < 1.29 is 32.1 Å². The number of hydrogen-bond donors (Lipinski definition) is 2. The van der Waals surface area contributed by atoms with Crippen molar-refractivity contribution in [3.8, 4) is 39.6 Å². The summed E-state index contributed by atoms with van der Waals surface area (Å²) < 4.78 is 64.8. The molecule has 1 aliphatic heterocycles. The summed E-state index contributed by atoms with van der Waals surface area (Å²) in [5, 5.41) is 16.4. The second-order valence-corrected chi connectivity index (χ2v) is 6.17. The van der Waals surface area contributed by atoms with Gasteiger partial charge in [0.25, 0.3) is 0 Å². The van der Waals surface area contributed by atoms with Gasteiger partial charge in [-0.15, -0.1) is 0 Å². The third-order valence-electron chi connectivity index (χ3n) is 4.33. The van der Waals surface area contributed by atoms with E-state index < -0.39 is 17.7 Å². The van der Waals surface area contributed by atoms with E-state index in [1.165, 1.54) is 24.3 Å². The summed E-state index contributed by atoms with van der Waals surface area (Å²) in [6.07, 6.45) is -4.12. The number of nitrogens with one attached hydrogen (secondary N) is 1. The normalized spacial score (nSPS) is 14.0. The van der Waals surface area contributed by atoms with Gasteiger partial charge in [0.2, 0.25) is 5.75 Å². The smallest absolute Gasteiger partial charge is 0.433 e. The Kier molecular flexibility index (Phi) is 4.37. The molecule has 1 aliphatic rings. The van der Waals surface area contributed by atoms with E-state index >= 15 is 0 Å². The molecular formula is C19H14F4N2O3. The number of H-pyrrole nitrogens is 1. The number of aromatic hydroxyl groups is 1. The fourth-order valence-corrected chi connectivity index (χ4v) is 3.05. The molecule has 0 fully saturated rings. The van der Waals surface area contributed by atoms with Crippen LogP contribution in [0.1, 0.15) is 12.1 Å². The Balaban J connectivity index is 1.93. The number of hydrogen-bond acceptors (Lipinski definition) is 4. The Morgan fingerprint density at radius 1 is 1.00 bits per heavy atom. The molecule has 28 heavy (non-hydrogen) atoms. The first-order valence-corrected chi connectivity index (χ1v) is 8.39. The topological polar surface area (TPSA) is 67.4 Å². The predicted octanol–water partition coefficient (Wildman–Crippen LogP) is 4.77. The number of aromatic amines is 1. The first kappa shape index (κ1) is 18.1. The Morgan fingerprint density at radius 3 is 2.43 bits per heavy atom. The van der Waals surface area contributed by atoms with Gasteiger partial charge < -0.3 is 14.6 Å². The minimum absolute atomic E-state index is 0.0373. The molecular weight excluding hydrogens is 380 g/mol. The van der Waals surface area contributed by atoms with Gasteiger partial charge in [-0.05, 0) is 29.8 Å². The van der Waals surface area contributed by atoms with Gasteiger partial charge >= 0.3 is 6.18 Å². The van der Waals surface area contributed by atoms with Crippen molar-refractivity contribution in [2.75, 3.05) is 13.2 Å². The first-order chi connectivity index (χ1) is 13.4. The van der Waals surface area contributed by atoms with Crippen LogP contribution in [-0.4, -0.2) is 28.5 Å². The summed E-state index contributed by atoms with van der Waals surface area (Å²) in [4.78, 5) is 0. The maximum Gasteiger partial charge on any atom is 0.433 e. The predicted molar refractivity (Wildman–Crippen MR) is 91.7 cm³/mol. The zero-order chi connectivity index (χ0) is 19.9. The summed E-state index contributed by atoms with van der Waals surface area (Å²) in [7, 11) is 0. The van der Waals surface area contributed by atoms with Crippen LogP contribution >= 0.6 is 0 Å². The van der Waals surface area contributed by atoms with E-state index in [1.807, 2.05) is 5.10 Å². The molecule has 4 rings (SSSR count). The highest BCUT2D eigenvalue weighted by Crippen LogP contribution is 2.48. The highest BCUT2D eigenvalue weighted by atomic mass is 19.4. The Labute approximate surface area is 156 Å². The molecule has 146 valence electrons. The van der Waals surface area contributed by atoms with Gasteiger partial charge in [0.1, 0.15) is 17.2 Å². The molecule has 0 aliphatic carbocycles. The minimum Gasteiger partial charge on any atom is -0.504 e. The summed E-state index contributed by atoms with van der Waals surface area (Å²) in [5.41, 5.74) is -1.38. The number of halogens is 4. The lowest BCUT2D eigenvalue weighted by Crippen LogP contribution is -2.07. The van der Waals surface area contributed by atoms with Crippen molar-refractivity contribution >= 4 is 0 Å². The number of benzene rings is 2. The number of fused-ring (bicyclic) bond motifs is 1. The zero-order valence-electron chi connectivity index (χ0n) is 14.3. The summed E-state index contributed by atoms with van der Waals surface area (Å²) in [5.74, 6) is -0.603. The SMILES string of the molecule is Oc1c(-c2n[nH]c(C(F)(F)F)c2-c2ccc(F)cc2)ccc2c1OCCCO2. The Hall–Kier alpha value is -3.23. The molecule has 0 bridgehead atoms. The Bertz CT molecular complexity index is 1010. The van der Waals surface area contributed by atoms with Crippen LogP contribution in [0.3, 0.4) is 0 Å². The number of aromatic nitrogens is 2. The molecule has 0 saturated heterocycles. The van der Waals surface area contributed by atoms with Crippen LogP contribution in [0.4, 0.5) is 17.6 Å². The van der Waals surface area contributed by atoms with Gasteiger partial charge in [-0.25, -0.2) is 4.39 Å². The second-order valence-electron chi connectivity index (χ2n) is 6.17. The van der Waals surface area contributed by atoms with Crippen LogP contribution in [0.15, 0.2) is 36.4 Å². The fraction of sp³-hybridized carbons (Fsp3) is 0.211. The van der Waals surface area contributed by atoms with Crippen molar-refractivity contribution in [2.24, 2.45) is 0 Å². The average Bonchev–Trinajstić information content (AvgIpc) is 2.95. The van der Waals surface area contributed by atoms with Gasteiger partial charge in [-0.1, -0.05) is 12.1 Å². The van der Waals surface area contributed by atoms with Crippen LogP contribution in [0.25, 0.3) is 22.4 Å². The van der Waals surface area contributed by atoms with Crippen molar-refractivity contribution in [3.63, 3.8) is 0 Å². The fourth-order valence-electron chi connectivity index (χ4n) is 3.05. The monoisotopic (exact) mass is 394 g/mol. The molecule has 0 spiro atoms. The molecule has 3 aromatic rings. The summed E-state index contributed by atoms with van der Waals surface area (Å²) in [6.45, 7) is 0.691. The van der Waals surface area contributed by atoms with Crippen molar-refractivity contribution in [3.05, 3.63) is 47.9 Å². The van der Waals surface area contributed by atoms with Crippen LogP contribution in [-0.2, 0) is 6.18 Å².